The van der Waals surface area contributed by atoms with Gasteiger partial charge < -0.3 is 13.9 Å². The number of thiocarbonyl (C=S) groups is 1. The minimum atomic E-state index is -0.553. The third kappa shape index (κ3) is 4.04. The lowest BCUT2D eigenvalue weighted by Gasteiger charge is -2.36. The molecule has 1 fully saturated rings. The van der Waals surface area contributed by atoms with Gasteiger partial charge in [-0.25, -0.2) is 0 Å². The van der Waals surface area contributed by atoms with Crippen molar-refractivity contribution in [1.82, 2.24) is 0 Å². The fourth-order valence-electron chi connectivity index (χ4n) is 3.20. The number of rotatable bonds is 5. The van der Waals surface area contributed by atoms with Gasteiger partial charge in [0.15, 0.2) is 9.78 Å². The molecule has 1 aromatic heterocycles. The molecule has 2 aromatic carbocycles. The van der Waals surface area contributed by atoms with Gasteiger partial charge >= 0.3 is 0 Å². The summed E-state index contributed by atoms with van der Waals surface area (Å²) in [7, 11) is 3.11. The van der Waals surface area contributed by atoms with E-state index in [9.17, 15) is 9.59 Å². The van der Waals surface area contributed by atoms with E-state index in [2.05, 4.69) is 15.9 Å². The fourth-order valence-corrected chi connectivity index (χ4v) is 3.89. The van der Waals surface area contributed by atoms with Crippen LogP contribution in [0.4, 0.5) is 11.4 Å². The second-order valence-electron chi connectivity index (χ2n) is 6.66. The van der Waals surface area contributed by atoms with Gasteiger partial charge in [0, 0.05) is 0 Å². The maximum atomic E-state index is 13.4. The molecule has 32 heavy (non-hydrogen) atoms. The topological polar surface area (TPSA) is 72.2 Å². The Morgan fingerprint density at radius 2 is 1.28 bits per heavy atom. The zero-order valence-electron chi connectivity index (χ0n) is 17.1. The highest BCUT2D eigenvalue weighted by molar-refractivity contribution is 9.10. The molecule has 0 aliphatic carbocycles. The van der Waals surface area contributed by atoms with E-state index in [4.69, 9.17) is 26.1 Å². The van der Waals surface area contributed by atoms with Gasteiger partial charge in [0.1, 0.15) is 22.8 Å². The molecule has 9 heteroatoms. The van der Waals surface area contributed by atoms with E-state index in [0.29, 0.717) is 33.3 Å². The minimum absolute atomic E-state index is 0.0353. The van der Waals surface area contributed by atoms with E-state index in [1.807, 2.05) is 0 Å². The fraction of sp³-hybridized carbons (Fsp3) is 0.0870. The zero-order valence-corrected chi connectivity index (χ0v) is 19.5. The largest absolute Gasteiger partial charge is 0.497 e. The predicted molar refractivity (Wildman–Crippen MR) is 128 cm³/mol. The number of hydrogen-bond acceptors (Lipinski definition) is 6. The summed E-state index contributed by atoms with van der Waals surface area (Å²) in [6.07, 6.45) is 1.41. The lowest BCUT2D eigenvalue weighted by atomic mass is 10.1. The van der Waals surface area contributed by atoms with E-state index < -0.39 is 11.8 Å². The van der Waals surface area contributed by atoms with Crippen LogP contribution in [0.2, 0.25) is 0 Å². The first kappa shape index (κ1) is 21.8. The van der Waals surface area contributed by atoms with Crippen LogP contribution in [0.3, 0.4) is 0 Å². The molecule has 7 nitrogen and oxygen atoms in total. The molecule has 0 bridgehead atoms. The van der Waals surface area contributed by atoms with Crippen molar-refractivity contribution >= 4 is 62.5 Å². The van der Waals surface area contributed by atoms with Crippen LogP contribution in [0.1, 0.15) is 5.76 Å². The van der Waals surface area contributed by atoms with Gasteiger partial charge in [-0.1, -0.05) is 0 Å². The van der Waals surface area contributed by atoms with Crippen molar-refractivity contribution in [3.8, 4) is 11.5 Å². The summed E-state index contributed by atoms with van der Waals surface area (Å²) in [5, 5.41) is 0.0353. The van der Waals surface area contributed by atoms with Crippen LogP contribution in [0, 0.1) is 0 Å². The minimum Gasteiger partial charge on any atom is -0.497 e. The maximum Gasteiger partial charge on any atom is 0.270 e. The van der Waals surface area contributed by atoms with Gasteiger partial charge in [-0.15, -0.1) is 0 Å². The lowest BCUT2D eigenvalue weighted by Crippen LogP contribution is -2.56. The van der Waals surface area contributed by atoms with Crippen molar-refractivity contribution in [3.63, 3.8) is 0 Å². The molecule has 1 aliphatic heterocycles. The normalized spacial score (nSPS) is 14.1. The van der Waals surface area contributed by atoms with Crippen molar-refractivity contribution in [2.75, 3.05) is 24.0 Å². The Hall–Kier alpha value is -3.43. The summed E-state index contributed by atoms with van der Waals surface area (Å²) >= 11 is 8.83. The predicted octanol–water partition coefficient (Wildman–Crippen LogP) is 4.81. The number of benzene rings is 2. The molecule has 0 atom stereocenters. The Bertz CT molecular complexity index is 1150. The summed E-state index contributed by atoms with van der Waals surface area (Å²) in [6, 6.07) is 17.0. The number of amides is 2. The smallest absolute Gasteiger partial charge is 0.270 e. The number of carbonyl (C=O) groups excluding carboxylic acids is 2. The van der Waals surface area contributed by atoms with E-state index in [0.717, 1.165) is 0 Å². The maximum absolute atomic E-state index is 13.4. The molecule has 0 spiro atoms. The van der Waals surface area contributed by atoms with Crippen LogP contribution in [-0.2, 0) is 9.59 Å². The first-order chi connectivity index (χ1) is 15.4. The number of hydrogen-bond donors (Lipinski definition) is 0. The Balaban J connectivity index is 1.83. The molecule has 3 aromatic rings. The molecule has 2 amide bonds. The van der Waals surface area contributed by atoms with Gasteiger partial charge in [-0.05, 0) is 94.9 Å². The van der Waals surface area contributed by atoms with E-state index in [-0.39, 0.29) is 10.7 Å². The number of methoxy groups -OCH3 is 2. The van der Waals surface area contributed by atoms with Gasteiger partial charge in [0.2, 0.25) is 0 Å². The Morgan fingerprint density at radius 1 is 0.812 bits per heavy atom. The molecule has 4 rings (SSSR count). The van der Waals surface area contributed by atoms with Gasteiger partial charge in [-0.2, -0.15) is 0 Å². The average molecular weight is 513 g/mol. The van der Waals surface area contributed by atoms with Crippen molar-refractivity contribution in [3.05, 3.63) is 76.7 Å². The lowest BCUT2D eigenvalue weighted by molar-refractivity contribution is -0.120. The quantitative estimate of drug-likeness (QED) is 0.277. The van der Waals surface area contributed by atoms with E-state index in [1.165, 1.54) is 15.9 Å². The number of nitrogens with zero attached hydrogens (tertiary/aromatic N) is 2. The second-order valence-corrected chi connectivity index (χ2v) is 7.81. The first-order valence-corrected chi connectivity index (χ1v) is 10.6. The van der Waals surface area contributed by atoms with Crippen molar-refractivity contribution in [2.24, 2.45) is 0 Å². The highest BCUT2D eigenvalue weighted by Gasteiger charge is 2.41. The van der Waals surface area contributed by atoms with Crippen LogP contribution in [-0.4, -0.2) is 31.1 Å². The Morgan fingerprint density at radius 3 is 1.66 bits per heavy atom. The number of furan rings is 1. The highest BCUT2D eigenvalue weighted by Crippen LogP contribution is 2.32. The third-order valence-corrected chi connectivity index (χ3v) is 5.58. The number of ether oxygens (including phenoxy) is 2. The molecule has 1 saturated heterocycles. The van der Waals surface area contributed by atoms with Crippen LogP contribution in [0.25, 0.3) is 6.08 Å². The SMILES string of the molecule is COc1ccc(N2C(=O)C(=Cc3ccc(Br)o3)C(=O)N(c3ccc(OC)cc3)C2=S)cc1. The standard InChI is InChI=1S/C23H17BrN2O5S/c1-29-16-7-3-14(4-8-16)25-21(27)19(13-18-11-12-20(24)31-18)22(28)26(23(25)32)15-5-9-17(30-2)10-6-15/h3-13H,1-2H3. The van der Waals surface area contributed by atoms with Crippen LogP contribution < -0.4 is 19.3 Å². The van der Waals surface area contributed by atoms with E-state index in [1.54, 1.807) is 74.9 Å². The molecule has 1 aliphatic rings. The van der Waals surface area contributed by atoms with Crippen LogP contribution in [0.5, 0.6) is 11.5 Å². The van der Waals surface area contributed by atoms with Gasteiger partial charge in [0.25, 0.3) is 11.8 Å². The summed E-state index contributed by atoms with van der Waals surface area (Å²) in [6.45, 7) is 0. The summed E-state index contributed by atoms with van der Waals surface area (Å²) in [5.74, 6) is 0.502. The highest BCUT2D eigenvalue weighted by atomic mass is 79.9. The molecule has 162 valence electrons. The molecule has 0 radical (unpaired) electrons. The van der Waals surface area contributed by atoms with E-state index >= 15 is 0 Å². The second kappa shape index (κ2) is 8.97. The molecule has 0 unspecified atom stereocenters. The summed E-state index contributed by atoms with van der Waals surface area (Å²) in [4.78, 5) is 29.4. The Kier molecular flexibility index (Phi) is 6.11. The summed E-state index contributed by atoms with van der Waals surface area (Å²) < 4.78 is 16.4. The van der Waals surface area contributed by atoms with Crippen LogP contribution in [0.15, 0.2) is 75.3 Å². The molecule has 0 saturated carbocycles. The van der Waals surface area contributed by atoms with Crippen molar-refractivity contribution in [2.45, 2.75) is 0 Å². The molecule has 2 heterocycles. The average Bonchev–Trinajstić information content (AvgIpc) is 3.22. The molecule has 0 N–H and O–H groups in total. The molecular formula is C23H17BrN2O5S. The monoisotopic (exact) mass is 512 g/mol. The van der Waals surface area contributed by atoms with Gasteiger partial charge in [-0.3, -0.25) is 19.4 Å². The first-order valence-electron chi connectivity index (χ1n) is 9.41. The van der Waals surface area contributed by atoms with Gasteiger partial charge in [0.05, 0.1) is 25.6 Å². The van der Waals surface area contributed by atoms with Crippen molar-refractivity contribution in [1.29, 1.82) is 0 Å². The zero-order chi connectivity index (χ0) is 22.8. The van der Waals surface area contributed by atoms with Crippen LogP contribution >= 0.6 is 28.1 Å². The number of carbonyl (C=O) groups is 2. The van der Waals surface area contributed by atoms with Crippen molar-refractivity contribution < 1.29 is 23.5 Å². The summed E-state index contributed by atoms with van der Waals surface area (Å²) in [5.41, 5.74) is 0.906. The number of halogens is 1. The number of anilines is 2. The Labute approximate surface area is 197 Å². The molecular weight excluding hydrogens is 496 g/mol. The third-order valence-electron chi connectivity index (χ3n) is 4.79.